The van der Waals surface area contributed by atoms with Crippen LogP contribution in [0.2, 0.25) is 0 Å². The molecule has 1 aliphatic carbocycles. The van der Waals surface area contributed by atoms with Crippen LogP contribution in [0, 0.1) is 11.6 Å². The Morgan fingerprint density at radius 1 is 1.28 bits per heavy atom. The number of aryl methyl sites for hydroxylation is 1. The number of hydrogen-bond donors (Lipinski definition) is 1. The van der Waals surface area contributed by atoms with Gasteiger partial charge in [-0.05, 0) is 18.9 Å². The Hall–Kier alpha value is -2.70. The summed E-state index contributed by atoms with van der Waals surface area (Å²) in [6.45, 7) is 1.70. The van der Waals surface area contributed by atoms with Gasteiger partial charge < -0.3 is 14.4 Å². The predicted molar refractivity (Wildman–Crippen MR) is 84.3 cm³/mol. The van der Waals surface area contributed by atoms with Gasteiger partial charge in [-0.1, -0.05) is 13.0 Å². The summed E-state index contributed by atoms with van der Waals surface area (Å²) in [5, 5.41) is 9.18. The maximum atomic E-state index is 13.9. The molecule has 0 bridgehead atoms. The van der Waals surface area contributed by atoms with Gasteiger partial charge in [0.15, 0.2) is 5.76 Å². The Morgan fingerprint density at radius 3 is 2.52 bits per heavy atom. The SMILES string of the molecule is CCc1oc(C(=O)N(Cc2ccc(F)cc2F)C2CC2)cc1C(=O)O. The molecule has 3 rings (SSSR count). The molecule has 1 aliphatic rings. The lowest BCUT2D eigenvalue weighted by Gasteiger charge is -2.21. The van der Waals surface area contributed by atoms with E-state index in [9.17, 15) is 23.5 Å². The van der Waals surface area contributed by atoms with Crippen molar-refractivity contribution in [2.75, 3.05) is 0 Å². The third kappa shape index (κ3) is 3.55. The Kier molecular flexibility index (Phi) is 4.57. The molecule has 2 aromatic rings. The van der Waals surface area contributed by atoms with E-state index in [1.807, 2.05) is 0 Å². The zero-order valence-corrected chi connectivity index (χ0v) is 13.6. The van der Waals surface area contributed by atoms with Crippen molar-refractivity contribution in [2.45, 2.75) is 38.8 Å². The van der Waals surface area contributed by atoms with Crippen LogP contribution in [0.3, 0.4) is 0 Å². The minimum absolute atomic E-state index is 0.0276. The Morgan fingerprint density at radius 2 is 2.00 bits per heavy atom. The van der Waals surface area contributed by atoms with Gasteiger partial charge in [-0.15, -0.1) is 0 Å². The summed E-state index contributed by atoms with van der Waals surface area (Å²) < 4.78 is 32.4. The van der Waals surface area contributed by atoms with Crippen LogP contribution in [0.4, 0.5) is 8.78 Å². The molecule has 132 valence electrons. The summed E-state index contributed by atoms with van der Waals surface area (Å²) in [7, 11) is 0. The van der Waals surface area contributed by atoms with Crippen LogP contribution in [0.1, 0.15) is 52.0 Å². The maximum Gasteiger partial charge on any atom is 0.339 e. The fourth-order valence-electron chi connectivity index (χ4n) is 2.71. The maximum absolute atomic E-state index is 13.9. The predicted octanol–water partition coefficient (Wildman–Crippen LogP) is 3.62. The highest BCUT2D eigenvalue weighted by atomic mass is 19.1. The van der Waals surface area contributed by atoms with E-state index in [2.05, 4.69) is 0 Å². The van der Waals surface area contributed by atoms with Gasteiger partial charge in [0.25, 0.3) is 5.91 Å². The first-order valence-electron chi connectivity index (χ1n) is 8.01. The van der Waals surface area contributed by atoms with Gasteiger partial charge >= 0.3 is 5.97 Å². The van der Waals surface area contributed by atoms with Crippen LogP contribution < -0.4 is 0 Å². The van der Waals surface area contributed by atoms with E-state index < -0.39 is 23.5 Å². The third-order valence-electron chi connectivity index (χ3n) is 4.18. The molecule has 1 amide bonds. The fraction of sp³-hybridized carbons (Fsp3) is 0.333. The van der Waals surface area contributed by atoms with Crippen molar-refractivity contribution in [3.8, 4) is 0 Å². The first-order chi connectivity index (χ1) is 11.9. The standard InChI is InChI=1S/C18H17F2NO4/c1-2-15-13(18(23)24)8-16(25-15)17(22)21(12-5-6-12)9-10-3-4-11(19)7-14(10)20/h3-4,7-8,12H,2,5-6,9H2,1H3,(H,23,24). The molecule has 1 N–H and O–H groups in total. The highest BCUT2D eigenvalue weighted by molar-refractivity contribution is 5.96. The van der Waals surface area contributed by atoms with Crippen molar-refractivity contribution in [1.29, 1.82) is 0 Å². The molecule has 1 aromatic heterocycles. The van der Waals surface area contributed by atoms with E-state index >= 15 is 0 Å². The highest BCUT2D eigenvalue weighted by Crippen LogP contribution is 2.31. The zero-order valence-electron chi connectivity index (χ0n) is 13.6. The number of carboxylic acid groups (broad SMARTS) is 1. The van der Waals surface area contributed by atoms with Gasteiger partial charge in [0.2, 0.25) is 0 Å². The minimum Gasteiger partial charge on any atom is -0.478 e. The zero-order chi connectivity index (χ0) is 18.1. The lowest BCUT2D eigenvalue weighted by atomic mass is 10.1. The van der Waals surface area contributed by atoms with Crippen LogP contribution in [0.25, 0.3) is 0 Å². The summed E-state index contributed by atoms with van der Waals surface area (Å²) in [6.07, 6.45) is 1.90. The van der Waals surface area contributed by atoms with E-state index in [0.717, 1.165) is 25.0 Å². The second kappa shape index (κ2) is 6.66. The molecule has 7 heteroatoms. The first kappa shape index (κ1) is 17.1. The van der Waals surface area contributed by atoms with Gasteiger partial charge in [0, 0.05) is 36.7 Å². The molecule has 0 unspecified atom stereocenters. The molecule has 5 nitrogen and oxygen atoms in total. The molecule has 1 saturated carbocycles. The Balaban J connectivity index is 1.88. The molecule has 25 heavy (non-hydrogen) atoms. The molecule has 1 heterocycles. The summed E-state index contributed by atoms with van der Waals surface area (Å²) in [5.74, 6) is -2.92. The molecule has 0 atom stereocenters. The molecule has 1 fully saturated rings. The fourth-order valence-corrected chi connectivity index (χ4v) is 2.71. The topological polar surface area (TPSA) is 70.8 Å². The van der Waals surface area contributed by atoms with Crippen LogP contribution in [-0.2, 0) is 13.0 Å². The largest absolute Gasteiger partial charge is 0.478 e. The highest BCUT2D eigenvalue weighted by Gasteiger charge is 2.35. The number of rotatable bonds is 6. The number of carbonyl (C=O) groups excluding carboxylic acids is 1. The number of aromatic carboxylic acids is 1. The molecule has 0 spiro atoms. The van der Waals surface area contributed by atoms with Crippen molar-refractivity contribution in [3.63, 3.8) is 0 Å². The van der Waals surface area contributed by atoms with Crippen molar-refractivity contribution >= 4 is 11.9 Å². The van der Waals surface area contributed by atoms with E-state index in [-0.39, 0.29) is 35.2 Å². The number of hydrogen-bond acceptors (Lipinski definition) is 3. The normalized spacial score (nSPS) is 13.7. The summed E-state index contributed by atoms with van der Waals surface area (Å²) in [5.41, 5.74) is 0.150. The average Bonchev–Trinajstić information content (AvgIpc) is 3.30. The van der Waals surface area contributed by atoms with Gasteiger partial charge in [-0.25, -0.2) is 13.6 Å². The Bertz CT molecular complexity index is 826. The lowest BCUT2D eigenvalue weighted by Crippen LogP contribution is -2.32. The third-order valence-corrected chi connectivity index (χ3v) is 4.18. The number of nitrogens with zero attached hydrogens (tertiary/aromatic N) is 1. The number of amides is 1. The van der Waals surface area contributed by atoms with Crippen LogP contribution in [-0.4, -0.2) is 27.9 Å². The van der Waals surface area contributed by atoms with Gasteiger partial charge in [0.1, 0.15) is 23.0 Å². The molecule has 0 aliphatic heterocycles. The number of benzene rings is 1. The second-order valence-corrected chi connectivity index (χ2v) is 6.01. The minimum atomic E-state index is -1.16. The smallest absolute Gasteiger partial charge is 0.339 e. The molecular formula is C18H17F2NO4. The van der Waals surface area contributed by atoms with Crippen molar-refractivity contribution in [2.24, 2.45) is 0 Å². The van der Waals surface area contributed by atoms with E-state index in [1.165, 1.54) is 17.0 Å². The van der Waals surface area contributed by atoms with Crippen LogP contribution in [0.5, 0.6) is 0 Å². The van der Waals surface area contributed by atoms with Gasteiger partial charge in [0.05, 0.1) is 0 Å². The van der Waals surface area contributed by atoms with Crippen molar-refractivity contribution < 1.29 is 27.9 Å². The van der Waals surface area contributed by atoms with Crippen LogP contribution >= 0.6 is 0 Å². The van der Waals surface area contributed by atoms with Crippen molar-refractivity contribution in [3.05, 3.63) is 58.5 Å². The molecule has 1 aromatic carbocycles. The number of carbonyl (C=O) groups is 2. The summed E-state index contributed by atoms with van der Waals surface area (Å²) >= 11 is 0. The number of halogens is 2. The van der Waals surface area contributed by atoms with Gasteiger partial charge in [-0.3, -0.25) is 4.79 Å². The summed E-state index contributed by atoms with van der Waals surface area (Å²) in [4.78, 5) is 25.4. The molecule has 0 radical (unpaired) electrons. The molecule has 0 saturated heterocycles. The second-order valence-electron chi connectivity index (χ2n) is 6.01. The van der Waals surface area contributed by atoms with Crippen molar-refractivity contribution in [1.82, 2.24) is 4.90 Å². The quantitative estimate of drug-likeness (QED) is 0.865. The lowest BCUT2D eigenvalue weighted by molar-refractivity contribution is 0.0683. The van der Waals surface area contributed by atoms with Crippen LogP contribution in [0.15, 0.2) is 28.7 Å². The van der Waals surface area contributed by atoms with Gasteiger partial charge in [-0.2, -0.15) is 0 Å². The number of furan rings is 1. The number of carboxylic acids is 1. The monoisotopic (exact) mass is 349 g/mol. The van der Waals surface area contributed by atoms with E-state index in [1.54, 1.807) is 6.92 Å². The van der Waals surface area contributed by atoms with E-state index in [0.29, 0.717) is 6.42 Å². The average molecular weight is 349 g/mol. The first-order valence-corrected chi connectivity index (χ1v) is 8.01. The summed E-state index contributed by atoms with van der Waals surface area (Å²) in [6, 6.07) is 4.37. The Labute approximate surface area is 142 Å². The molecular weight excluding hydrogens is 332 g/mol. The van der Waals surface area contributed by atoms with E-state index in [4.69, 9.17) is 4.42 Å².